The molecule has 0 radical (unpaired) electrons. The minimum absolute atomic E-state index is 0.0426. The van der Waals surface area contributed by atoms with E-state index in [1.165, 1.54) is 13.0 Å². The van der Waals surface area contributed by atoms with Gasteiger partial charge in [-0.15, -0.1) is 4.40 Å². The number of ketones is 1. The zero-order valence-corrected chi connectivity index (χ0v) is 16.1. The van der Waals surface area contributed by atoms with Gasteiger partial charge in [-0.25, -0.2) is 0 Å². The van der Waals surface area contributed by atoms with E-state index in [1.54, 1.807) is 47.4 Å². The first-order chi connectivity index (χ1) is 13.4. The van der Waals surface area contributed by atoms with Crippen LogP contribution in [0.5, 0.6) is 0 Å². The fraction of sp³-hybridized carbons (Fsp3) is 0.250. The van der Waals surface area contributed by atoms with Crippen molar-refractivity contribution in [3.05, 3.63) is 59.7 Å². The highest BCUT2D eigenvalue weighted by Crippen LogP contribution is 2.31. The molecule has 2 heterocycles. The Hall–Kier alpha value is -3.00. The number of sulfonamides is 1. The van der Waals surface area contributed by atoms with E-state index in [4.69, 9.17) is 0 Å². The summed E-state index contributed by atoms with van der Waals surface area (Å²) in [5, 5.41) is 2.85. The summed E-state index contributed by atoms with van der Waals surface area (Å²) in [5.41, 5.74) is 1.69. The Bertz CT molecular complexity index is 1090. The van der Waals surface area contributed by atoms with E-state index in [1.807, 2.05) is 0 Å². The van der Waals surface area contributed by atoms with Crippen LogP contribution in [0.1, 0.15) is 35.7 Å². The zero-order valence-electron chi connectivity index (χ0n) is 15.3. The van der Waals surface area contributed by atoms with Crippen molar-refractivity contribution in [3.8, 4) is 0 Å². The summed E-state index contributed by atoms with van der Waals surface area (Å²) in [6, 6.07) is 12.8. The molecule has 4 rings (SSSR count). The van der Waals surface area contributed by atoms with E-state index in [0.717, 1.165) is 6.42 Å². The Kier molecular flexibility index (Phi) is 4.50. The minimum atomic E-state index is -3.73. The summed E-state index contributed by atoms with van der Waals surface area (Å²) in [4.78, 5) is 26.2. The van der Waals surface area contributed by atoms with Gasteiger partial charge in [0.2, 0.25) is 5.91 Å². The number of fused-ring (bicyclic) bond motifs is 1. The summed E-state index contributed by atoms with van der Waals surface area (Å²) >= 11 is 0. The van der Waals surface area contributed by atoms with Crippen LogP contribution >= 0.6 is 0 Å². The molecular weight excluding hydrogens is 378 g/mol. The highest BCUT2D eigenvalue weighted by molar-refractivity contribution is 7.90. The number of benzene rings is 2. The van der Waals surface area contributed by atoms with E-state index < -0.39 is 16.1 Å². The fourth-order valence-corrected chi connectivity index (χ4v) is 4.82. The molecule has 2 aliphatic rings. The van der Waals surface area contributed by atoms with Gasteiger partial charge < -0.3 is 10.2 Å². The van der Waals surface area contributed by atoms with Gasteiger partial charge in [-0.05, 0) is 56.2 Å². The maximum Gasteiger partial charge on any atom is 0.285 e. The number of nitrogens with zero attached hydrogens (tertiary/aromatic N) is 2. The van der Waals surface area contributed by atoms with Crippen LogP contribution in [0.25, 0.3) is 0 Å². The number of rotatable bonds is 3. The number of hydrogen-bond donors (Lipinski definition) is 1. The fourth-order valence-electron chi connectivity index (χ4n) is 3.60. The summed E-state index contributed by atoms with van der Waals surface area (Å²) in [6.07, 6.45) is 1.38. The number of nitrogens with one attached hydrogen (secondary N) is 1. The molecule has 144 valence electrons. The van der Waals surface area contributed by atoms with Crippen LogP contribution in [0.2, 0.25) is 0 Å². The first-order valence-corrected chi connectivity index (χ1v) is 10.4. The molecule has 1 fully saturated rings. The Morgan fingerprint density at radius 3 is 2.54 bits per heavy atom. The van der Waals surface area contributed by atoms with Gasteiger partial charge in [0.05, 0.1) is 0 Å². The third kappa shape index (κ3) is 3.20. The van der Waals surface area contributed by atoms with Gasteiger partial charge in [0.1, 0.15) is 10.9 Å². The van der Waals surface area contributed by atoms with Crippen LogP contribution in [-0.4, -0.2) is 43.4 Å². The van der Waals surface area contributed by atoms with Crippen LogP contribution in [0.15, 0.2) is 57.8 Å². The number of carbonyl (C=O) groups is 2. The third-order valence-corrected chi connectivity index (χ3v) is 6.32. The van der Waals surface area contributed by atoms with E-state index >= 15 is 0 Å². The van der Waals surface area contributed by atoms with Crippen molar-refractivity contribution in [2.45, 2.75) is 30.7 Å². The van der Waals surface area contributed by atoms with Crippen molar-refractivity contribution >= 4 is 33.2 Å². The number of anilines is 1. The van der Waals surface area contributed by atoms with Gasteiger partial charge in [-0.2, -0.15) is 8.42 Å². The van der Waals surface area contributed by atoms with Crippen molar-refractivity contribution < 1.29 is 18.0 Å². The molecule has 1 saturated heterocycles. The Balaban J connectivity index is 1.57. The van der Waals surface area contributed by atoms with Crippen molar-refractivity contribution in [3.63, 3.8) is 0 Å². The molecule has 0 bridgehead atoms. The lowest BCUT2D eigenvalue weighted by Crippen LogP contribution is -2.43. The molecular formula is C20H19N3O4S. The molecule has 0 saturated carbocycles. The van der Waals surface area contributed by atoms with Crippen LogP contribution < -0.4 is 5.32 Å². The molecule has 0 aliphatic carbocycles. The van der Waals surface area contributed by atoms with Gasteiger partial charge in [-0.1, -0.05) is 12.1 Å². The Morgan fingerprint density at radius 2 is 1.82 bits per heavy atom. The SMILES string of the molecule is CC(=O)c1ccc(NC(=O)[C@@H]2CCCN2C2=NS(=O)(=O)c3ccccc32)cc1. The average Bonchev–Trinajstić information content (AvgIpc) is 3.25. The molecule has 28 heavy (non-hydrogen) atoms. The molecule has 1 amide bonds. The van der Waals surface area contributed by atoms with Gasteiger partial charge in [-0.3, -0.25) is 9.59 Å². The van der Waals surface area contributed by atoms with Gasteiger partial charge in [0.25, 0.3) is 10.0 Å². The van der Waals surface area contributed by atoms with Crippen LogP contribution in [0.3, 0.4) is 0 Å². The number of likely N-dealkylation sites (tertiary alicyclic amines) is 1. The molecule has 0 spiro atoms. The van der Waals surface area contributed by atoms with Crippen LogP contribution in [0, 0.1) is 0 Å². The standard InChI is InChI=1S/C20H19N3O4S/c1-13(24)14-8-10-15(11-9-14)21-20(25)17-6-4-12-23(17)19-16-5-2-3-7-18(16)28(26,27)22-19/h2-3,5,7-11,17H,4,6,12H2,1H3,(H,21,25)/t17-/m0/s1. The molecule has 8 heteroatoms. The average molecular weight is 397 g/mol. The quantitative estimate of drug-likeness (QED) is 0.803. The predicted octanol–water partition coefficient (Wildman–Crippen LogP) is 2.44. The molecule has 7 nitrogen and oxygen atoms in total. The second kappa shape index (κ2) is 6.87. The lowest BCUT2D eigenvalue weighted by atomic mass is 10.1. The van der Waals surface area contributed by atoms with Crippen LogP contribution in [0.4, 0.5) is 5.69 Å². The van der Waals surface area contributed by atoms with E-state index in [-0.39, 0.29) is 16.6 Å². The summed E-state index contributed by atoms with van der Waals surface area (Å²) in [7, 11) is -3.73. The smallest absolute Gasteiger partial charge is 0.285 e. The normalized spacial score (nSPS) is 19.8. The number of Topliss-reactive ketones (excluding diaryl/α,β-unsaturated/α-hetero) is 1. The van der Waals surface area contributed by atoms with Crippen molar-refractivity contribution in [2.75, 3.05) is 11.9 Å². The van der Waals surface area contributed by atoms with Crippen molar-refractivity contribution in [1.29, 1.82) is 0 Å². The third-order valence-electron chi connectivity index (χ3n) is 5.00. The van der Waals surface area contributed by atoms with Gasteiger partial charge >= 0.3 is 0 Å². The first kappa shape index (κ1) is 18.4. The first-order valence-electron chi connectivity index (χ1n) is 9.00. The number of amides is 1. The molecule has 2 aromatic rings. The van der Waals surface area contributed by atoms with Crippen LogP contribution in [-0.2, 0) is 14.8 Å². The largest absolute Gasteiger partial charge is 0.343 e. The Morgan fingerprint density at radius 1 is 1.11 bits per heavy atom. The molecule has 0 unspecified atom stereocenters. The van der Waals surface area contributed by atoms with Crippen molar-refractivity contribution in [2.24, 2.45) is 4.40 Å². The Labute approximate surface area is 163 Å². The van der Waals surface area contributed by atoms with E-state index in [9.17, 15) is 18.0 Å². The lowest BCUT2D eigenvalue weighted by molar-refractivity contribution is -0.119. The van der Waals surface area contributed by atoms with E-state index in [2.05, 4.69) is 9.71 Å². The second-order valence-electron chi connectivity index (χ2n) is 6.86. The maximum atomic E-state index is 12.8. The monoisotopic (exact) mass is 397 g/mol. The molecule has 0 aromatic heterocycles. The zero-order chi connectivity index (χ0) is 19.9. The van der Waals surface area contributed by atoms with Gasteiger partial charge in [0, 0.05) is 23.4 Å². The molecule has 1 atom stereocenters. The van der Waals surface area contributed by atoms with Gasteiger partial charge in [0.15, 0.2) is 11.6 Å². The highest BCUT2D eigenvalue weighted by atomic mass is 32.2. The summed E-state index contributed by atoms with van der Waals surface area (Å²) < 4.78 is 28.6. The number of carbonyl (C=O) groups excluding carboxylic acids is 2. The predicted molar refractivity (Wildman–Crippen MR) is 105 cm³/mol. The maximum absolute atomic E-state index is 12.8. The lowest BCUT2D eigenvalue weighted by Gasteiger charge is -2.25. The summed E-state index contributed by atoms with van der Waals surface area (Å²) in [6.45, 7) is 2.04. The number of hydrogen-bond acceptors (Lipinski definition) is 5. The molecule has 2 aromatic carbocycles. The molecule has 2 aliphatic heterocycles. The second-order valence-corrected chi connectivity index (χ2v) is 8.43. The van der Waals surface area contributed by atoms with E-state index in [0.29, 0.717) is 35.6 Å². The molecule has 1 N–H and O–H groups in total. The minimum Gasteiger partial charge on any atom is -0.343 e. The van der Waals surface area contributed by atoms with Crippen molar-refractivity contribution in [1.82, 2.24) is 4.90 Å². The topological polar surface area (TPSA) is 95.9 Å². The summed E-state index contributed by atoms with van der Waals surface area (Å²) in [5.74, 6) is 0.0664. The highest BCUT2D eigenvalue weighted by Gasteiger charge is 2.39. The number of amidine groups is 1.